The van der Waals surface area contributed by atoms with Crippen molar-refractivity contribution in [2.24, 2.45) is 0 Å². The SMILES string of the molecule is CC(C)(C)S(=O)(=O)CCNc1c(F)c(F)c(F)c(F)c1F. The van der Waals surface area contributed by atoms with E-state index in [1.54, 1.807) is 0 Å². The smallest absolute Gasteiger partial charge is 0.200 e. The van der Waals surface area contributed by atoms with E-state index in [4.69, 9.17) is 0 Å². The van der Waals surface area contributed by atoms with Crippen LogP contribution in [-0.2, 0) is 9.84 Å². The molecule has 0 saturated carbocycles. The number of hydrogen-bond donors (Lipinski definition) is 1. The Labute approximate surface area is 119 Å². The van der Waals surface area contributed by atoms with Gasteiger partial charge in [0.05, 0.1) is 10.5 Å². The zero-order valence-electron chi connectivity index (χ0n) is 11.5. The normalized spacial score (nSPS) is 12.6. The summed E-state index contributed by atoms with van der Waals surface area (Å²) in [5.74, 6) is -11.0. The van der Waals surface area contributed by atoms with Gasteiger partial charge in [0.1, 0.15) is 5.69 Å². The Morgan fingerprint density at radius 2 is 1.24 bits per heavy atom. The number of benzene rings is 1. The van der Waals surface area contributed by atoms with Crippen LogP contribution >= 0.6 is 0 Å². The van der Waals surface area contributed by atoms with Gasteiger partial charge in [0, 0.05) is 6.54 Å². The average Bonchev–Trinajstić information content (AvgIpc) is 2.36. The van der Waals surface area contributed by atoms with Crippen LogP contribution in [0.5, 0.6) is 0 Å². The first-order valence-corrected chi connectivity index (χ1v) is 7.53. The third kappa shape index (κ3) is 3.45. The predicted molar refractivity (Wildman–Crippen MR) is 68.3 cm³/mol. The van der Waals surface area contributed by atoms with Gasteiger partial charge in [-0.1, -0.05) is 0 Å². The summed E-state index contributed by atoms with van der Waals surface area (Å²) in [5.41, 5.74) is -1.24. The van der Waals surface area contributed by atoms with Gasteiger partial charge in [0.2, 0.25) is 5.82 Å². The molecule has 1 rings (SSSR count). The molecule has 0 radical (unpaired) electrons. The fraction of sp³-hybridized carbons (Fsp3) is 0.500. The van der Waals surface area contributed by atoms with Crippen molar-refractivity contribution < 1.29 is 30.4 Å². The zero-order valence-corrected chi connectivity index (χ0v) is 12.3. The van der Waals surface area contributed by atoms with Gasteiger partial charge in [0.15, 0.2) is 33.1 Å². The summed E-state index contributed by atoms with van der Waals surface area (Å²) in [6.07, 6.45) is 0. The summed E-state index contributed by atoms with van der Waals surface area (Å²) in [4.78, 5) is 0. The lowest BCUT2D eigenvalue weighted by Gasteiger charge is -2.19. The van der Waals surface area contributed by atoms with E-state index in [-0.39, 0.29) is 0 Å². The Morgan fingerprint density at radius 3 is 1.62 bits per heavy atom. The Kier molecular flexibility index (Phi) is 4.87. The van der Waals surface area contributed by atoms with Crippen molar-refractivity contribution in [2.75, 3.05) is 17.6 Å². The van der Waals surface area contributed by atoms with E-state index in [9.17, 15) is 30.4 Å². The Morgan fingerprint density at radius 1 is 0.857 bits per heavy atom. The van der Waals surface area contributed by atoms with E-state index >= 15 is 0 Å². The Balaban J connectivity index is 2.97. The van der Waals surface area contributed by atoms with Crippen molar-refractivity contribution in [1.82, 2.24) is 0 Å². The molecule has 0 aromatic heterocycles. The second kappa shape index (κ2) is 5.78. The minimum atomic E-state index is -3.59. The van der Waals surface area contributed by atoms with Gasteiger partial charge in [-0.3, -0.25) is 0 Å². The lowest BCUT2D eigenvalue weighted by Crippen LogP contribution is -2.33. The second-order valence-electron chi connectivity index (χ2n) is 5.30. The predicted octanol–water partition coefficient (Wildman–Crippen LogP) is 3.01. The molecule has 0 amide bonds. The molecule has 9 heteroatoms. The molecule has 0 aliphatic heterocycles. The van der Waals surface area contributed by atoms with Crippen molar-refractivity contribution in [1.29, 1.82) is 0 Å². The van der Waals surface area contributed by atoms with Crippen molar-refractivity contribution in [3.05, 3.63) is 29.1 Å². The van der Waals surface area contributed by atoms with Crippen molar-refractivity contribution >= 4 is 15.5 Å². The van der Waals surface area contributed by atoms with Crippen LogP contribution in [0.2, 0.25) is 0 Å². The highest BCUT2D eigenvalue weighted by Crippen LogP contribution is 2.27. The quantitative estimate of drug-likeness (QED) is 0.524. The molecular weight excluding hydrogens is 317 g/mol. The van der Waals surface area contributed by atoms with Crippen molar-refractivity contribution in [3.63, 3.8) is 0 Å². The van der Waals surface area contributed by atoms with Crippen LogP contribution in [0.3, 0.4) is 0 Å². The molecule has 0 spiro atoms. The summed E-state index contributed by atoms with van der Waals surface area (Å²) >= 11 is 0. The second-order valence-corrected chi connectivity index (χ2v) is 8.17. The van der Waals surface area contributed by atoms with Crippen LogP contribution in [0, 0.1) is 29.1 Å². The average molecular weight is 331 g/mol. The van der Waals surface area contributed by atoms with Gasteiger partial charge >= 0.3 is 0 Å². The molecule has 0 saturated heterocycles. The van der Waals surface area contributed by atoms with Gasteiger partial charge < -0.3 is 5.32 Å². The maximum absolute atomic E-state index is 13.3. The van der Waals surface area contributed by atoms with Gasteiger partial charge in [-0.05, 0) is 20.8 Å². The van der Waals surface area contributed by atoms with E-state index < -0.39 is 61.7 Å². The molecule has 0 aliphatic rings. The van der Waals surface area contributed by atoms with E-state index in [1.165, 1.54) is 20.8 Å². The minimum absolute atomic E-state index is 0.488. The highest BCUT2D eigenvalue weighted by atomic mass is 32.2. The summed E-state index contributed by atoms with van der Waals surface area (Å²) in [6, 6.07) is 0. The van der Waals surface area contributed by atoms with Crippen molar-refractivity contribution in [3.8, 4) is 0 Å². The summed E-state index contributed by atoms with van der Waals surface area (Å²) < 4.78 is 87.8. The van der Waals surface area contributed by atoms with Crippen LogP contribution in [-0.4, -0.2) is 25.5 Å². The van der Waals surface area contributed by atoms with E-state index in [2.05, 4.69) is 0 Å². The standard InChI is InChI=1S/C12H14F5NO2S/c1-12(2,3)21(19,20)5-4-18-11-9(16)7(14)6(13)8(15)10(11)17/h18H,4-5H2,1-3H3. The zero-order chi connectivity index (χ0) is 16.6. The fourth-order valence-corrected chi connectivity index (χ4v) is 2.36. The monoisotopic (exact) mass is 331 g/mol. The number of sulfone groups is 1. The van der Waals surface area contributed by atoms with Gasteiger partial charge in [-0.25, -0.2) is 30.4 Å². The molecular formula is C12H14F5NO2S. The lowest BCUT2D eigenvalue weighted by molar-refractivity contribution is 0.381. The van der Waals surface area contributed by atoms with Crippen LogP contribution in [0.15, 0.2) is 0 Å². The molecule has 1 aromatic rings. The first kappa shape index (κ1) is 17.7. The molecule has 1 aromatic carbocycles. The van der Waals surface area contributed by atoms with Gasteiger partial charge in [0.25, 0.3) is 0 Å². The molecule has 0 aliphatic carbocycles. The van der Waals surface area contributed by atoms with E-state index in [0.29, 0.717) is 0 Å². The molecule has 0 heterocycles. The topological polar surface area (TPSA) is 46.2 Å². The molecule has 0 fully saturated rings. The number of hydrogen-bond acceptors (Lipinski definition) is 3. The van der Waals surface area contributed by atoms with E-state index in [1.807, 2.05) is 5.32 Å². The van der Waals surface area contributed by atoms with Crippen LogP contribution in [0.1, 0.15) is 20.8 Å². The minimum Gasteiger partial charge on any atom is -0.379 e. The Bertz CT molecular complexity index is 624. The van der Waals surface area contributed by atoms with E-state index in [0.717, 1.165) is 0 Å². The highest BCUT2D eigenvalue weighted by Gasteiger charge is 2.29. The van der Waals surface area contributed by atoms with Crippen LogP contribution in [0.4, 0.5) is 27.6 Å². The molecule has 3 nitrogen and oxygen atoms in total. The summed E-state index contributed by atoms with van der Waals surface area (Å²) in [7, 11) is -3.59. The number of nitrogens with one attached hydrogen (secondary N) is 1. The number of rotatable bonds is 4. The van der Waals surface area contributed by atoms with Gasteiger partial charge in [-0.15, -0.1) is 0 Å². The lowest BCUT2D eigenvalue weighted by atomic mass is 10.2. The largest absolute Gasteiger partial charge is 0.379 e. The van der Waals surface area contributed by atoms with Crippen LogP contribution < -0.4 is 5.32 Å². The first-order chi connectivity index (χ1) is 9.40. The number of halogens is 5. The van der Waals surface area contributed by atoms with Crippen molar-refractivity contribution in [2.45, 2.75) is 25.5 Å². The van der Waals surface area contributed by atoms with Crippen LogP contribution in [0.25, 0.3) is 0 Å². The third-order valence-electron chi connectivity index (χ3n) is 2.82. The third-order valence-corrected chi connectivity index (χ3v) is 5.42. The molecule has 120 valence electrons. The Hall–Kier alpha value is -1.38. The maximum Gasteiger partial charge on any atom is 0.200 e. The molecule has 1 N–H and O–H groups in total. The first-order valence-electron chi connectivity index (χ1n) is 5.87. The summed E-state index contributed by atoms with van der Waals surface area (Å²) in [5, 5.41) is 1.94. The molecule has 21 heavy (non-hydrogen) atoms. The molecule has 0 atom stereocenters. The number of anilines is 1. The maximum atomic E-state index is 13.3. The molecule has 0 bridgehead atoms. The molecule has 0 unspecified atom stereocenters. The fourth-order valence-electron chi connectivity index (χ4n) is 1.38. The highest BCUT2D eigenvalue weighted by molar-refractivity contribution is 7.92. The summed E-state index contributed by atoms with van der Waals surface area (Å²) in [6.45, 7) is 3.81. The van der Waals surface area contributed by atoms with Gasteiger partial charge in [-0.2, -0.15) is 0 Å².